The van der Waals surface area contributed by atoms with E-state index in [1.807, 2.05) is 6.26 Å². The van der Waals surface area contributed by atoms with Crippen molar-refractivity contribution in [3.05, 3.63) is 0 Å². The Kier molecular flexibility index (Phi) is 5.73. The molecule has 1 N–H and O–H groups in total. The highest BCUT2D eigenvalue weighted by Crippen LogP contribution is 2.04. The lowest BCUT2D eigenvalue weighted by Gasteiger charge is -2.01. The second kappa shape index (κ2) is 6.01. The quantitative estimate of drug-likeness (QED) is 0.705. The van der Waals surface area contributed by atoms with Crippen molar-refractivity contribution in [2.45, 2.75) is 12.5 Å². The molecular formula is C5H9NO4S2. The average Bonchev–Trinajstić information content (AvgIpc) is 1.96. The van der Waals surface area contributed by atoms with Crippen LogP contribution in [0.15, 0.2) is 4.36 Å². The van der Waals surface area contributed by atoms with Gasteiger partial charge in [-0.1, -0.05) is 0 Å². The fraction of sp³-hybridized carbons (Fsp3) is 0.800. The highest BCUT2D eigenvalue weighted by Gasteiger charge is 2.15. The van der Waals surface area contributed by atoms with E-state index in [9.17, 15) is 13.2 Å². The summed E-state index contributed by atoms with van der Waals surface area (Å²) in [5, 5.41) is 8.47. The standard InChI is InChI=1S/C5H9NO4S2/c1-11-3-2-4(5(7)8)6-12(9)10/h4H,2-3H2,1H3,(H,7,8)/t4-/m0/s1. The van der Waals surface area contributed by atoms with E-state index >= 15 is 0 Å². The van der Waals surface area contributed by atoms with Crippen LogP contribution in [-0.2, 0) is 15.3 Å². The van der Waals surface area contributed by atoms with Crippen molar-refractivity contribution in [2.24, 2.45) is 4.36 Å². The van der Waals surface area contributed by atoms with E-state index in [2.05, 4.69) is 4.36 Å². The summed E-state index contributed by atoms with van der Waals surface area (Å²) in [6, 6.07) is -1.13. The van der Waals surface area contributed by atoms with Crippen molar-refractivity contribution < 1.29 is 18.3 Å². The molecule has 0 aliphatic rings. The van der Waals surface area contributed by atoms with Crippen LogP contribution in [0.25, 0.3) is 0 Å². The predicted molar refractivity (Wildman–Crippen MR) is 45.8 cm³/mol. The number of hydrogen-bond acceptors (Lipinski definition) is 5. The Morgan fingerprint density at radius 1 is 1.67 bits per heavy atom. The van der Waals surface area contributed by atoms with Gasteiger partial charge in [-0.05, 0) is 18.4 Å². The van der Waals surface area contributed by atoms with Crippen LogP contribution in [0.1, 0.15) is 6.42 Å². The molecule has 0 heterocycles. The van der Waals surface area contributed by atoms with Crippen LogP contribution in [0.3, 0.4) is 0 Å². The largest absolute Gasteiger partial charge is 0.480 e. The molecule has 0 saturated carbocycles. The molecule has 0 bridgehead atoms. The Bertz CT molecular complexity index is 263. The van der Waals surface area contributed by atoms with Gasteiger partial charge in [-0.2, -0.15) is 24.5 Å². The minimum absolute atomic E-state index is 0.241. The number of carboxylic acids is 1. The van der Waals surface area contributed by atoms with Gasteiger partial charge < -0.3 is 5.11 Å². The van der Waals surface area contributed by atoms with Crippen molar-refractivity contribution in [2.75, 3.05) is 12.0 Å². The average molecular weight is 211 g/mol. The molecule has 1 atom stereocenters. The minimum Gasteiger partial charge on any atom is -0.480 e. The van der Waals surface area contributed by atoms with Gasteiger partial charge in [-0.3, -0.25) is 0 Å². The fourth-order valence-electron chi connectivity index (χ4n) is 0.555. The number of rotatable bonds is 5. The topological polar surface area (TPSA) is 83.8 Å². The van der Waals surface area contributed by atoms with Crippen molar-refractivity contribution in [3.63, 3.8) is 0 Å². The summed E-state index contributed by atoms with van der Waals surface area (Å²) in [4.78, 5) is 10.4. The molecule has 0 spiro atoms. The molecule has 0 aromatic carbocycles. The van der Waals surface area contributed by atoms with E-state index in [4.69, 9.17) is 5.11 Å². The van der Waals surface area contributed by atoms with Crippen molar-refractivity contribution in [1.82, 2.24) is 0 Å². The number of aliphatic carboxylic acids is 1. The lowest BCUT2D eigenvalue weighted by atomic mass is 10.2. The predicted octanol–water partition coefficient (Wildman–Crippen LogP) is 0.255. The number of carbonyl (C=O) groups is 1. The molecule has 12 heavy (non-hydrogen) atoms. The van der Waals surface area contributed by atoms with E-state index in [-0.39, 0.29) is 6.42 Å². The summed E-state index contributed by atoms with van der Waals surface area (Å²) in [6.07, 6.45) is 2.05. The molecule has 0 unspecified atom stereocenters. The highest BCUT2D eigenvalue weighted by molar-refractivity contribution is 7.98. The molecule has 0 aliphatic heterocycles. The van der Waals surface area contributed by atoms with E-state index in [0.29, 0.717) is 5.75 Å². The normalized spacial score (nSPS) is 12.1. The van der Waals surface area contributed by atoms with Gasteiger partial charge in [0.2, 0.25) is 0 Å². The summed E-state index contributed by atoms with van der Waals surface area (Å²) in [6.45, 7) is 0. The maximum absolute atomic E-state index is 10.4. The summed E-state index contributed by atoms with van der Waals surface area (Å²) < 4.78 is 23.1. The molecule has 0 aromatic heterocycles. The van der Waals surface area contributed by atoms with Gasteiger partial charge in [0, 0.05) is 0 Å². The van der Waals surface area contributed by atoms with Gasteiger partial charge in [0.1, 0.15) is 0 Å². The first-order valence-corrected chi connectivity index (χ1v) is 5.52. The molecule has 0 amide bonds. The Labute approximate surface area is 75.9 Å². The number of nitrogens with zero attached hydrogens (tertiary/aromatic N) is 1. The van der Waals surface area contributed by atoms with Gasteiger partial charge in [-0.15, -0.1) is 0 Å². The van der Waals surface area contributed by atoms with Crippen molar-refractivity contribution >= 4 is 28.2 Å². The zero-order valence-corrected chi connectivity index (χ0v) is 8.06. The molecule has 70 valence electrons. The minimum atomic E-state index is -2.63. The molecule has 0 aliphatic carbocycles. The summed E-state index contributed by atoms with van der Waals surface area (Å²) in [5.41, 5.74) is 0. The van der Waals surface area contributed by atoms with E-state index in [0.717, 1.165) is 0 Å². The Morgan fingerprint density at radius 3 is 2.58 bits per heavy atom. The van der Waals surface area contributed by atoms with Gasteiger partial charge in [-0.25, -0.2) is 4.79 Å². The van der Waals surface area contributed by atoms with Crippen LogP contribution < -0.4 is 0 Å². The van der Waals surface area contributed by atoms with Crippen molar-refractivity contribution in [3.8, 4) is 0 Å². The summed E-state index contributed by atoms with van der Waals surface area (Å²) >= 11 is 1.45. The van der Waals surface area contributed by atoms with E-state index in [1.54, 1.807) is 0 Å². The molecule has 0 aromatic rings. The number of carboxylic acid groups (broad SMARTS) is 1. The van der Waals surface area contributed by atoms with Crippen LogP contribution in [0.4, 0.5) is 0 Å². The SMILES string of the molecule is CSCC[C@H](N=S(=O)=O)C(=O)O. The summed E-state index contributed by atoms with van der Waals surface area (Å²) in [7, 11) is -2.63. The first kappa shape index (κ1) is 11.4. The smallest absolute Gasteiger partial charge is 0.329 e. The van der Waals surface area contributed by atoms with E-state index < -0.39 is 22.5 Å². The Balaban J connectivity index is 4.25. The van der Waals surface area contributed by atoms with Gasteiger partial charge in [0.15, 0.2) is 6.04 Å². The van der Waals surface area contributed by atoms with Gasteiger partial charge in [0.25, 0.3) is 0 Å². The van der Waals surface area contributed by atoms with Crippen LogP contribution in [0.5, 0.6) is 0 Å². The van der Waals surface area contributed by atoms with Crippen LogP contribution in [0.2, 0.25) is 0 Å². The molecule has 0 fully saturated rings. The second-order valence-electron chi connectivity index (χ2n) is 1.96. The third-order valence-electron chi connectivity index (χ3n) is 1.09. The maximum Gasteiger partial charge on any atom is 0.329 e. The molecule has 5 nitrogen and oxygen atoms in total. The third kappa shape index (κ3) is 5.14. The first-order valence-electron chi connectivity index (χ1n) is 3.10. The third-order valence-corrected chi connectivity index (χ3v) is 2.16. The maximum atomic E-state index is 10.4. The zero-order valence-electron chi connectivity index (χ0n) is 6.43. The lowest BCUT2D eigenvalue weighted by molar-refractivity contribution is -0.138. The molecule has 0 rings (SSSR count). The zero-order chi connectivity index (χ0) is 9.56. The van der Waals surface area contributed by atoms with Crippen molar-refractivity contribution in [1.29, 1.82) is 0 Å². The fourth-order valence-corrected chi connectivity index (χ4v) is 1.42. The molecule has 0 saturated heterocycles. The Hall–Kier alpha value is -0.560. The molecule has 7 heteroatoms. The lowest BCUT2D eigenvalue weighted by Crippen LogP contribution is -2.18. The number of hydrogen-bond donors (Lipinski definition) is 1. The summed E-state index contributed by atoms with van der Waals surface area (Å²) in [5.74, 6) is -0.620. The molecular weight excluding hydrogens is 202 g/mol. The highest BCUT2D eigenvalue weighted by atomic mass is 32.2. The molecule has 0 radical (unpaired) electrons. The Morgan fingerprint density at radius 2 is 2.25 bits per heavy atom. The van der Waals surface area contributed by atoms with Gasteiger partial charge in [0.05, 0.1) is 0 Å². The monoisotopic (exact) mass is 211 g/mol. The first-order chi connectivity index (χ1) is 5.57. The van der Waals surface area contributed by atoms with Crippen LogP contribution >= 0.6 is 11.8 Å². The van der Waals surface area contributed by atoms with E-state index in [1.165, 1.54) is 11.8 Å². The van der Waals surface area contributed by atoms with Crippen LogP contribution in [0, 0.1) is 0 Å². The number of thioether (sulfide) groups is 1. The second-order valence-corrected chi connectivity index (χ2v) is 3.59. The van der Waals surface area contributed by atoms with Gasteiger partial charge >= 0.3 is 16.5 Å². The van der Waals surface area contributed by atoms with Crippen LogP contribution in [-0.4, -0.2) is 37.5 Å².